The van der Waals surface area contributed by atoms with Crippen molar-refractivity contribution in [3.05, 3.63) is 58.6 Å². The summed E-state index contributed by atoms with van der Waals surface area (Å²) in [4.78, 5) is 18.3. The average molecular weight is 392 g/mol. The van der Waals surface area contributed by atoms with Crippen LogP contribution < -0.4 is 0 Å². The van der Waals surface area contributed by atoms with Crippen LogP contribution >= 0.6 is 0 Å². The molecular formula is C22H22N3O4+. The molecule has 3 aromatic rings. The summed E-state index contributed by atoms with van der Waals surface area (Å²) >= 11 is 0. The monoisotopic (exact) mass is 392 g/mol. The molecular weight excluding hydrogens is 370 g/mol. The number of unbranched alkanes of at least 4 members (excludes halogenated alkanes) is 3. The standard InChI is InChI=1S/C22H21N3O4/c1-2-3-4-7-14-29-24-22-19(26)13-11-17(21(22)23-24)20-16-9-6-5-8-15(16)10-12-18(20)25(27)28/h5-6,8-13H,2-4,7,14H2,1H3/p+1. The Hall–Kier alpha value is -3.48. The number of nitro groups is 1. The molecule has 0 saturated carbocycles. The van der Waals surface area contributed by atoms with Gasteiger partial charge in [0.05, 0.1) is 15.6 Å². The molecule has 148 valence electrons. The van der Waals surface area contributed by atoms with Crippen LogP contribution in [0.2, 0.25) is 0 Å². The third kappa shape index (κ3) is 3.40. The Balaban J connectivity index is 1.74. The van der Waals surface area contributed by atoms with Crippen LogP contribution in [0.15, 0.2) is 53.6 Å². The highest BCUT2D eigenvalue weighted by molar-refractivity contribution is 6.05. The fourth-order valence-corrected chi connectivity index (χ4v) is 3.63. The van der Waals surface area contributed by atoms with Crippen LogP contribution in [-0.4, -0.2) is 21.5 Å². The molecule has 7 nitrogen and oxygen atoms in total. The van der Waals surface area contributed by atoms with Crippen molar-refractivity contribution in [1.29, 1.82) is 0 Å². The van der Waals surface area contributed by atoms with Crippen molar-refractivity contribution in [3.8, 4) is 16.9 Å². The van der Waals surface area contributed by atoms with Gasteiger partial charge in [-0.15, -0.1) is 0 Å². The van der Waals surface area contributed by atoms with E-state index in [0.29, 0.717) is 29.1 Å². The lowest BCUT2D eigenvalue weighted by atomic mass is 9.94. The van der Waals surface area contributed by atoms with E-state index in [0.717, 1.165) is 36.5 Å². The van der Waals surface area contributed by atoms with Crippen molar-refractivity contribution in [2.75, 3.05) is 6.61 Å². The first-order valence-electron chi connectivity index (χ1n) is 9.79. The van der Waals surface area contributed by atoms with Crippen molar-refractivity contribution in [1.82, 2.24) is 0 Å². The van der Waals surface area contributed by atoms with Crippen molar-refractivity contribution in [2.24, 2.45) is 5.11 Å². The first-order chi connectivity index (χ1) is 14.1. The van der Waals surface area contributed by atoms with Gasteiger partial charge >= 0.3 is 5.69 Å². The molecule has 1 aliphatic heterocycles. The highest BCUT2D eigenvalue weighted by Crippen LogP contribution is 2.52. The molecule has 0 atom stereocenters. The van der Waals surface area contributed by atoms with E-state index in [1.165, 1.54) is 17.0 Å². The summed E-state index contributed by atoms with van der Waals surface area (Å²) < 4.78 is 0. The lowest BCUT2D eigenvalue weighted by molar-refractivity contribution is -0.786. The van der Waals surface area contributed by atoms with E-state index in [9.17, 15) is 15.2 Å². The number of hydrogen-bond acceptors (Lipinski definition) is 5. The lowest BCUT2D eigenvalue weighted by Gasteiger charge is -2.14. The van der Waals surface area contributed by atoms with Crippen molar-refractivity contribution in [3.63, 3.8) is 0 Å². The summed E-state index contributed by atoms with van der Waals surface area (Å²) in [7, 11) is 0. The number of phenols is 1. The molecule has 0 amide bonds. The molecule has 0 saturated heterocycles. The third-order valence-electron chi connectivity index (χ3n) is 5.10. The topological polar surface area (TPSA) is 88.0 Å². The van der Waals surface area contributed by atoms with Crippen molar-refractivity contribution in [2.45, 2.75) is 32.6 Å². The molecule has 29 heavy (non-hydrogen) atoms. The molecule has 1 N–H and O–H groups in total. The summed E-state index contributed by atoms with van der Waals surface area (Å²) in [6.45, 7) is 2.65. The number of fused-ring (bicyclic) bond motifs is 2. The van der Waals surface area contributed by atoms with Gasteiger partial charge in [-0.2, -0.15) is 0 Å². The van der Waals surface area contributed by atoms with Gasteiger partial charge in [-0.3, -0.25) is 10.1 Å². The third-order valence-corrected chi connectivity index (χ3v) is 5.10. The number of benzene rings is 3. The summed E-state index contributed by atoms with van der Waals surface area (Å²) in [5.74, 6) is 0.0372. The highest BCUT2D eigenvalue weighted by Gasteiger charge is 2.40. The van der Waals surface area contributed by atoms with E-state index in [1.54, 1.807) is 12.1 Å². The Labute approximate surface area is 168 Å². The zero-order valence-corrected chi connectivity index (χ0v) is 16.2. The zero-order chi connectivity index (χ0) is 20.4. The zero-order valence-electron chi connectivity index (χ0n) is 16.2. The summed E-state index contributed by atoms with van der Waals surface area (Å²) in [6, 6.07) is 14.0. The molecule has 1 aliphatic rings. The van der Waals surface area contributed by atoms with Crippen LogP contribution in [0.25, 0.3) is 21.9 Å². The molecule has 4 rings (SSSR count). The molecule has 0 fully saturated rings. The summed E-state index contributed by atoms with van der Waals surface area (Å²) in [5.41, 5.74) is 2.05. The van der Waals surface area contributed by atoms with Crippen LogP contribution in [-0.2, 0) is 4.84 Å². The normalized spacial score (nSPS) is 12.2. The number of hydrogen-bond donors (Lipinski definition) is 1. The van der Waals surface area contributed by atoms with Gasteiger partial charge in [-0.05, 0) is 41.8 Å². The van der Waals surface area contributed by atoms with E-state index < -0.39 is 0 Å². The number of nitrogens with zero attached hydrogens (tertiary/aromatic N) is 3. The predicted octanol–water partition coefficient (Wildman–Crippen LogP) is 6.37. The first kappa shape index (κ1) is 18.9. The Morgan fingerprint density at radius 2 is 1.93 bits per heavy atom. The molecule has 0 aromatic heterocycles. The van der Waals surface area contributed by atoms with E-state index in [-0.39, 0.29) is 16.4 Å². The Kier molecular flexibility index (Phi) is 5.12. The SMILES string of the molecule is CCCCCCO[N+]1=Nc2c(-c3c([N+](=O)[O-])ccc4ccccc34)ccc(O)c21. The van der Waals surface area contributed by atoms with Gasteiger partial charge in [0, 0.05) is 11.6 Å². The first-order valence-corrected chi connectivity index (χ1v) is 9.79. The summed E-state index contributed by atoms with van der Waals surface area (Å²) in [5, 5.41) is 28.1. The molecule has 0 spiro atoms. The van der Waals surface area contributed by atoms with Crippen LogP contribution in [0.5, 0.6) is 5.75 Å². The maximum absolute atomic E-state index is 11.7. The van der Waals surface area contributed by atoms with E-state index in [1.807, 2.05) is 24.3 Å². The van der Waals surface area contributed by atoms with Gasteiger partial charge in [0.15, 0.2) is 12.4 Å². The van der Waals surface area contributed by atoms with Crippen molar-refractivity contribution < 1.29 is 19.7 Å². The molecule has 0 radical (unpaired) electrons. The van der Waals surface area contributed by atoms with Gasteiger partial charge < -0.3 is 5.11 Å². The second-order valence-corrected chi connectivity index (χ2v) is 7.03. The second kappa shape index (κ2) is 7.87. The fraction of sp³-hybridized carbons (Fsp3) is 0.273. The average Bonchev–Trinajstić information content (AvgIpc) is 2.70. The number of rotatable bonds is 8. The van der Waals surface area contributed by atoms with Gasteiger partial charge in [0.2, 0.25) is 5.69 Å². The summed E-state index contributed by atoms with van der Waals surface area (Å²) in [6.07, 6.45) is 4.28. The number of phenolic OH excluding ortho intramolecular Hbond substituents is 1. The Morgan fingerprint density at radius 1 is 1.10 bits per heavy atom. The molecule has 0 aliphatic carbocycles. The lowest BCUT2D eigenvalue weighted by Crippen LogP contribution is -2.13. The van der Waals surface area contributed by atoms with Gasteiger partial charge in [0.1, 0.15) is 4.86 Å². The van der Waals surface area contributed by atoms with Gasteiger partial charge in [0.25, 0.3) is 5.69 Å². The van der Waals surface area contributed by atoms with Crippen LogP contribution in [0, 0.1) is 10.1 Å². The number of aromatic hydroxyl groups is 1. The Morgan fingerprint density at radius 3 is 2.72 bits per heavy atom. The largest absolute Gasteiger partial charge is 0.502 e. The maximum Gasteiger partial charge on any atom is 0.363 e. The molecule has 7 heteroatoms. The number of azo groups is 1. The van der Waals surface area contributed by atoms with Crippen molar-refractivity contribution >= 4 is 27.8 Å². The van der Waals surface area contributed by atoms with Gasteiger partial charge in [-0.25, -0.2) is 4.84 Å². The quantitative estimate of drug-likeness (QED) is 0.209. The minimum absolute atomic E-state index is 0.00530. The van der Waals surface area contributed by atoms with Crippen LogP contribution in [0.1, 0.15) is 32.6 Å². The van der Waals surface area contributed by atoms with E-state index >= 15 is 0 Å². The molecule has 3 aromatic carbocycles. The maximum atomic E-state index is 11.7. The Bertz CT molecular complexity index is 1120. The number of nitro benzene ring substituents is 1. The second-order valence-electron chi connectivity index (χ2n) is 7.03. The fourth-order valence-electron chi connectivity index (χ4n) is 3.63. The van der Waals surface area contributed by atoms with E-state index in [4.69, 9.17) is 4.84 Å². The predicted molar refractivity (Wildman–Crippen MR) is 110 cm³/mol. The van der Waals surface area contributed by atoms with Crippen LogP contribution in [0.3, 0.4) is 0 Å². The van der Waals surface area contributed by atoms with Crippen LogP contribution in [0.4, 0.5) is 17.1 Å². The highest BCUT2D eigenvalue weighted by atomic mass is 16.7. The van der Waals surface area contributed by atoms with E-state index in [2.05, 4.69) is 12.0 Å². The molecule has 0 unspecified atom stereocenters. The van der Waals surface area contributed by atoms with Gasteiger partial charge in [-0.1, -0.05) is 44.0 Å². The minimum atomic E-state index is -0.387. The molecule has 0 bridgehead atoms. The minimum Gasteiger partial charge on any atom is -0.502 e. The smallest absolute Gasteiger partial charge is 0.363 e. The molecule has 1 heterocycles.